The lowest BCUT2D eigenvalue weighted by Crippen LogP contribution is -2.40. The van der Waals surface area contributed by atoms with Crippen LogP contribution >= 0.6 is 0 Å². The maximum absolute atomic E-state index is 12.5. The summed E-state index contributed by atoms with van der Waals surface area (Å²) < 4.78 is 1.85. The van der Waals surface area contributed by atoms with E-state index in [9.17, 15) is 9.59 Å². The van der Waals surface area contributed by atoms with Gasteiger partial charge in [0.1, 0.15) is 0 Å². The summed E-state index contributed by atoms with van der Waals surface area (Å²) in [6.07, 6.45) is 2.79. The molecule has 6 heteroatoms. The highest BCUT2D eigenvalue weighted by molar-refractivity contribution is 5.96. The van der Waals surface area contributed by atoms with Gasteiger partial charge in [0.2, 0.25) is 5.91 Å². The van der Waals surface area contributed by atoms with Crippen LogP contribution in [0.5, 0.6) is 0 Å². The Labute approximate surface area is 141 Å². The number of para-hydroxylation sites is 1. The van der Waals surface area contributed by atoms with Crippen LogP contribution in [-0.2, 0) is 17.6 Å². The van der Waals surface area contributed by atoms with Crippen LogP contribution in [-0.4, -0.2) is 34.2 Å². The number of nitrogens with one attached hydrogen (secondary N) is 2. The van der Waals surface area contributed by atoms with Gasteiger partial charge in [-0.2, -0.15) is 5.10 Å². The fraction of sp³-hybridized carbons (Fsp3) is 0.389. The summed E-state index contributed by atoms with van der Waals surface area (Å²) >= 11 is 0. The van der Waals surface area contributed by atoms with Gasteiger partial charge >= 0.3 is 0 Å². The van der Waals surface area contributed by atoms with Crippen LogP contribution in [0.2, 0.25) is 0 Å². The molecule has 0 saturated carbocycles. The Balaban J connectivity index is 1.79. The number of carbonyl (C=O) groups is 2. The van der Waals surface area contributed by atoms with E-state index in [1.165, 1.54) is 0 Å². The largest absolute Gasteiger partial charge is 0.352 e. The molecule has 0 bridgehead atoms. The highest BCUT2D eigenvalue weighted by Crippen LogP contribution is 2.27. The minimum atomic E-state index is -0.290. The van der Waals surface area contributed by atoms with Crippen molar-refractivity contribution in [2.75, 3.05) is 6.54 Å². The number of amides is 2. The van der Waals surface area contributed by atoms with E-state index in [0.717, 1.165) is 36.2 Å². The van der Waals surface area contributed by atoms with Crippen molar-refractivity contribution in [3.63, 3.8) is 0 Å². The van der Waals surface area contributed by atoms with Crippen LogP contribution in [0.25, 0.3) is 5.69 Å². The van der Waals surface area contributed by atoms with Crippen molar-refractivity contribution in [2.24, 2.45) is 0 Å². The highest BCUT2D eigenvalue weighted by atomic mass is 16.2. The normalized spacial score (nSPS) is 13.0. The average molecular weight is 326 g/mol. The zero-order valence-corrected chi connectivity index (χ0v) is 14.0. The Bertz CT molecular complexity index is 750. The molecule has 0 unspecified atom stereocenters. The second kappa shape index (κ2) is 6.86. The summed E-state index contributed by atoms with van der Waals surface area (Å²) in [5.74, 6) is -0.487. The first-order valence-corrected chi connectivity index (χ1v) is 8.30. The summed E-state index contributed by atoms with van der Waals surface area (Å²) in [5, 5.41) is 9.94. The fourth-order valence-electron chi connectivity index (χ4n) is 3.02. The molecule has 0 aliphatic heterocycles. The summed E-state index contributed by atoms with van der Waals surface area (Å²) in [4.78, 5) is 24.2. The number of carbonyl (C=O) groups excluding carboxylic acids is 2. The van der Waals surface area contributed by atoms with E-state index in [0.29, 0.717) is 5.69 Å². The van der Waals surface area contributed by atoms with E-state index in [1.54, 1.807) is 0 Å². The van der Waals surface area contributed by atoms with E-state index in [-0.39, 0.29) is 24.4 Å². The first-order chi connectivity index (χ1) is 11.6. The van der Waals surface area contributed by atoms with Crippen molar-refractivity contribution in [1.29, 1.82) is 0 Å². The van der Waals surface area contributed by atoms with Gasteiger partial charge in [-0.1, -0.05) is 18.2 Å². The molecule has 1 heterocycles. The first-order valence-electron chi connectivity index (χ1n) is 8.30. The molecule has 1 aromatic carbocycles. The van der Waals surface area contributed by atoms with E-state index in [1.807, 2.05) is 48.9 Å². The van der Waals surface area contributed by atoms with Gasteiger partial charge in [-0.25, -0.2) is 4.68 Å². The second-order valence-electron chi connectivity index (χ2n) is 6.28. The number of hydrogen-bond donors (Lipinski definition) is 2. The van der Waals surface area contributed by atoms with Crippen LogP contribution in [0.1, 0.15) is 42.0 Å². The summed E-state index contributed by atoms with van der Waals surface area (Å²) in [6, 6.07) is 9.86. The van der Waals surface area contributed by atoms with Gasteiger partial charge in [-0.05, 0) is 45.2 Å². The molecule has 0 spiro atoms. The summed E-state index contributed by atoms with van der Waals surface area (Å²) in [6.45, 7) is 3.73. The Morgan fingerprint density at radius 2 is 1.96 bits per heavy atom. The van der Waals surface area contributed by atoms with Gasteiger partial charge in [-0.15, -0.1) is 0 Å². The number of benzene rings is 1. The Kier molecular flexibility index (Phi) is 4.64. The standard InChI is InChI=1S/C18H22N4O2/c1-12(2)20-16(23)11-19-18(24)17-14-9-6-10-15(14)22(21-17)13-7-4-3-5-8-13/h3-5,7-8,12H,6,9-11H2,1-2H3,(H,19,24)(H,20,23). The minimum Gasteiger partial charge on any atom is -0.352 e. The fourth-order valence-corrected chi connectivity index (χ4v) is 3.02. The predicted octanol–water partition coefficient (Wildman–Crippen LogP) is 1.62. The molecule has 2 amide bonds. The maximum atomic E-state index is 12.5. The van der Waals surface area contributed by atoms with Crippen molar-refractivity contribution in [3.8, 4) is 5.69 Å². The van der Waals surface area contributed by atoms with Crippen LogP contribution in [0.3, 0.4) is 0 Å². The average Bonchev–Trinajstić information content (AvgIpc) is 3.15. The molecule has 0 radical (unpaired) electrons. The Morgan fingerprint density at radius 3 is 2.67 bits per heavy atom. The predicted molar refractivity (Wildman–Crippen MR) is 91.2 cm³/mol. The van der Waals surface area contributed by atoms with Gasteiger partial charge < -0.3 is 10.6 Å². The second-order valence-corrected chi connectivity index (χ2v) is 6.28. The number of hydrogen-bond acceptors (Lipinski definition) is 3. The molecule has 1 aromatic heterocycles. The number of fused-ring (bicyclic) bond motifs is 1. The van der Waals surface area contributed by atoms with Gasteiger partial charge in [0.25, 0.3) is 5.91 Å². The number of rotatable bonds is 5. The summed E-state index contributed by atoms with van der Waals surface area (Å²) in [7, 11) is 0. The lowest BCUT2D eigenvalue weighted by molar-refractivity contribution is -0.120. The van der Waals surface area contributed by atoms with Gasteiger partial charge in [0.05, 0.1) is 12.2 Å². The van der Waals surface area contributed by atoms with Crippen molar-refractivity contribution in [2.45, 2.75) is 39.2 Å². The number of nitrogens with zero attached hydrogens (tertiary/aromatic N) is 2. The SMILES string of the molecule is CC(C)NC(=O)CNC(=O)c1nn(-c2ccccc2)c2c1CCC2. The van der Waals surface area contributed by atoms with Gasteiger partial charge in [0, 0.05) is 17.3 Å². The molecule has 1 aliphatic rings. The molecule has 0 atom stereocenters. The lowest BCUT2D eigenvalue weighted by Gasteiger charge is -2.09. The molecule has 3 rings (SSSR count). The maximum Gasteiger partial charge on any atom is 0.272 e. The first kappa shape index (κ1) is 16.2. The van der Waals surface area contributed by atoms with Crippen molar-refractivity contribution in [1.82, 2.24) is 20.4 Å². The minimum absolute atomic E-state index is 0.0377. The molecule has 2 aromatic rings. The van der Waals surface area contributed by atoms with Crippen molar-refractivity contribution < 1.29 is 9.59 Å². The third-order valence-corrected chi connectivity index (χ3v) is 4.01. The topological polar surface area (TPSA) is 76.0 Å². The lowest BCUT2D eigenvalue weighted by atomic mass is 10.2. The molecule has 1 aliphatic carbocycles. The molecule has 0 fully saturated rings. The quantitative estimate of drug-likeness (QED) is 0.876. The van der Waals surface area contributed by atoms with Crippen molar-refractivity contribution >= 4 is 11.8 Å². The van der Waals surface area contributed by atoms with Gasteiger partial charge in [0.15, 0.2) is 5.69 Å². The molecule has 24 heavy (non-hydrogen) atoms. The molecule has 6 nitrogen and oxygen atoms in total. The third-order valence-electron chi connectivity index (χ3n) is 4.01. The number of aromatic nitrogens is 2. The van der Waals surface area contributed by atoms with Crippen LogP contribution in [0, 0.1) is 0 Å². The Hall–Kier alpha value is -2.63. The molecule has 126 valence electrons. The molecule has 2 N–H and O–H groups in total. The van der Waals surface area contributed by atoms with E-state index in [4.69, 9.17) is 0 Å². The molecular weight excluding hydrogens is 304 g/mol. The third kappa shape index (κ3) is 3.32. The zero-order chi connectivity index (χ0) is 17.1. The van der Waals surface area contributed by atoms with Crippen LogP contribution < -0.4 is 10.6 Å². The van der Waals surface area contributed by atoms with Crippen LogP contribution in [0.15, 0.2) is 30.3 Å². The zero-order valence-electron chi connectivity index (χ0n) is 14.0. The van der Waals surface area contributed by atoms with Gasteiger partial charge in [-0.3, -0.25) is 9.59 Å². The van der Waals surface area contributed by atoms with Crippen LogP contribution in [0.4, 0.5) is 0 Å². The van der Waals surface area contributed by atoms with E-state index in [2.05, 4.69) is 15.7 Å². The molecule has 0 saturated heterocycles. The monoisotopic (exact) mass is 326 g/mol. The summed E-state index contributed by atoms with van der Waals surface area (Å²) in [5.41, 5.74) is 3.48. The smallest absolute Gasteiger partial charge is 0.272 e. The highest BCUT2D eigenvalue weighted by Gasteiger charge is 2.27. The van der Waals surface area contributed by atoms with E-state index < -0.39 is 0 Å². The van der Waals surface area contributed by atoms with E-state index >= 15 is 0 Å². The Morgan fingerprint density at radius 1 is 1.21 bits per heavy atom. The van der Waals surface area contributed by atoms with Crippen molar-refractivity contribution in [3.05, 3.63) is 47.3 Å². The molecular formula is C18H22N4O2.